The van der Waals surface area contributed by atoms with Gasteiger partial charge in [-0.3, -0.25) is 9.59 Å². The number of ether oxygens (including phenoxy) is 2. The smallest absolute Gasteiger partial charge is 0.273 e. The van der Waals surface area contributed by atoms with E-state index in [0.717, 1.165) is 56.4 Å². The summed E-state index contributed by atoms with van der Waals surface area (Å²) >= 11 is 0. The van der Waals surface area contributed by atoms with E-state index in [4.69, 9.17) is 9.47 Å². The maximum absolute atomic E-state index is 13.9. The molecule has 0 unspecified atom stereocenters. The summed E-state index contributed by atoms with van der Waals surface area (Å²) in [5.74, 6) is 0.726. The zero-order chi connectivity index (χ0) is 23.3. The van der Waals surface area contributed by atoms with Crippen LogP contribution < -0.4 is 10.1 Å². The van der Waals surface area contributed by atoms with E-state index in [0.29, 0.717) is 19.7 Å². The standard InChI is InChI=1S/C24H33N5O4/c1-32-15-13-25-22(30)21-17-29(27-26-21)19-6-5-14-28(16-19)23(31)24(11-3-4-12-24)18-7-9-20(33-2)10-8-18/h7-10,17,19H,3-6,11-16H2,1-2H3,(H,25,30)/t19-/m0/s1. The molecule has 2 fully saturated rings. The lowest BCUT2D eigenvalue weighted by Crippen LogP contribution is -2.49. The quantitative estimate of drug-likeness (QED) is 0.614. The number of benzene rings is 1. The summed E-state index contributed by atoms with van der Waals surface area (Å²) in [6.45, 7) is 2.17. The van der Waals surface area contributed by atoms with Gasteiger partial charge >= 0.3 is 0 Å². The van der Waals surface area contributed by atoms with Gasteiger partial charge in [0.25, 0.3) is 5.91 Å². The predicted molar refractivity (Wildman–Crippen MR) is 122 cm³/mol. The number of methoxy groups -OCH3 is 2. The predicted octanol–water partition coefficient (Wildman–Crippen LogP) is 2.34. The van der Waals surface area contributed by atoms with Gasteiger partial charge in [-0.2, -0.15) is 0 Å². The highest BCUT2D eigenvalue weighted by Crippen LogP contribution is 2.43. The van der Waals surface area contributed by atoms with Crippen LogP contribution in [0.3, 0.4) is 0 Å². The molecule has 9 nitrogen and oxygen atoms in total. The second-order valence-corrected chi connectivity index (χ2v) is 8.90. The number of rotatable bonds is 8. The van der Waals surface area contributed by atoms with Crippen LogP contribution in [0.25, 0.3) is 0 Å². The van der Waals surface area contributed by atoms with Crippen LogP contribution in [0.5, 0.6) is 5.75 Å². The molecule has 2 amide bonds. The molecule has 1 aromatic heterocycles. The van der Waals surface area contributed by atoms with E-state index in [1.165, 1.54) is 0 Å². The van der Waals surface area contributed by atoms with Gasteiger partial charge < -0.3 is 19.7 Å². The topological polar surface area (TPSA) is 98.6 Å². The lowest BCUT2D eigenvalue weighted by atomic mass is 9.77. The van der Waals surface area contributed by atoms with Crippen molar-refractivity contribution in [1.29, 1.82) is 0 Å². The normalized spacial score (nSPS) is 19.9. The van der Waals surface area contributed by atoms with Crippen molar-refractivity contribution in [3.63, 3.8) is 0 Å². The number of carbonyl (C=O) groups is 2. The highest BCUT2D eigenvalue weighted by Gasteiger charge is 2.45. The minimum absolute atomic E-state index is 0.00467. The van der Waals surface area contributed by atoms with Crippen molar-refractivity contribution >= 4 is 11.8 Å². The zero-order valence-corrected chi connectivity index (χ0v) is 19.5. The van der Waals surface area contributed by atoms with Crippen molar-refractivity contribution < 1.29 is 19.1 Å². The SMILES string of the molecule is COCCNC(=O)c1cn([C@H]2CCCN(C(=O)C3(c4ccc(OC)cc4)CCCC3)C2)nn1. The van der Waals surface area contributed by atoms with Gasteiger partial charge in [-0.1, -0.05) is 30.2 Å². The van der Waals surface area contributed by atoms with Crippen molar-refractivity contribution in [2.75, 3.05) is 40.5 Å². The maximum Gasteiger partial charge on any atom is 0.273 e. The number of nitrogens with one attached hydrogen (secondary N) is 1. The third-order valence-corrected chi connectivity index (χ3v) is 6.90. The van der Waals surface area contributed by atoms with Crippen LogP contribution in [0.15, 0.2) is 30.5 Å². The van der Waals surface area contributed by atoms with Crippen molar-refractivity contribution in [2.24, 2.45) is 0 Å². The number of hydrogen-bond acceptors (Lipinski definition) is 6. The summed E-state index contributed by atoms with van der Waals surface area (Å²) in [4.78, 5) is 28.1. The van der Waals surface area contributed by atoms with Gasteiger partial charge in [0.1, 0.15) is 5.75 Å². The molecule has 2 aliphatic rings. The van der Waals surface area contributed by atoms with Crippen LogP contribution in [0.2, 0.25) is 0 Å². The molecule has 9 heteroatoms. The fourth-order valence-corrected chi connectivity index (χ4v) is 5.09. The molecule has 2 aromatic rings. The first-order chi connectivity index (χ1) is 16.1. The molecule has 1 N–H and O–H groups in total. The Morgan fingerprint density at radius 3 is 2.61 bits per heavy atom. The minimum atomic E-state index is -0.469. The number of aromatic nitrogens is 3. The van der Waals surface area contributed by atoms with Gasteiger partial charge in [-0.25, -0.2) is 4.68 Å². The van der Waals surface area contributed by atoms with Crippen molar-refractivity contribution in [2.45, 2.75) is 50.0 Å². The van der Waals surface area contributed by atoms with E-state index < -0.39 is 5.41 Å². The lowest BCUT2D eigenvalue weighted by Gasteiger charge is -2.39. The van der Waals surface area contributed by atoms with E-state index in [2.05, 4.69) is 15.6 Å². The summed E-state index contributed by atoms with van der Waals surface area (Å²) < 4.78 is 12.0. The molecular weight excluding hydrogens is 422 g/mol. The van der Waals surface area contributed by atoms with Gasteiger partial charge in [-0.05, 0) is 43.4 Å². The van der Waals surface area contributed by atoms with E-state index in [9.17, 15) is 9.59 Å². The summed E-state index contributed by atoms with van der Waals surface area (Å²) in [7, 11) is 3.24. The summed E-state index contributed by atoms with van der Waals surface area (Å²) in [5, 5.41) is 11.0. The third-order valence-electron chi connectivity index (χ3n) is 6.90. The van der Waals surface area contributed by atoms with Gasteiger partial charge in [-0.15, -0.1) is 5.10 Å². The number of carbonyl (C=O) groups excluding carboxylic acids is 2. The monoisotopic (exact) mass is 455 g/mol. The van der Waals surface area contributed by atoms with E-state index in [-0.39, 0.29) is 23.6 Å². The largest absolute Gasteiger partial charge is 0.497 e. The van der Waals surface area contributed by atoms with Crippen LogP contribution in [0, 0.1) is 0 Å². The van der Waals surface area contributed by atoms with E-state index in [1.807, 2.05) is 29.2 Å². The molecule has 1 aromatic carbocycles. The van der Waals surface area contributed by atoms with Crippen molar-refractivity contribution in [1.82, 2.24) is 25.2 Å². The summed E-state index contributed by atoms with van der Waals surface area (Å²) in [5.41, 5.74) is 0.881. The van der Waals surface area contributed by atoms with Gasteiger partial charge in [0.2, 0.25) is 5.91 Å². The summed E-state index contributed by atoms with van der Waals surface area (Å²) in [6.07, 6.45) is 7.32. The lowest BCUT2D eigenvalue weighted by molar-refractivity contribution is -0.139. The Morgan fingerprint density at radius 1 is 1.15 bits per heavy atom. The number of hydrogen-bond donors (Lipinski definition) is 1. The Hall–Kier alpha value is -2.94. The highest BCUT2D eigenvalue weighted by molar-refractivity contribution is 5.91. The second-order valence-electron chi connectivity index (χ2n) is 8.90. The molecule has 1 saturated heterocycles. The first-order valence-corrected chi connectivity index (χ1v) is 11.7. The summed E-state index contributed by atoms with van der Waals surface area (Å²) in [6, 6.07) is 7.96. The molecule has 1 aliphatic heterocycles. The van der Waals surface area contributed by atoms with Gasteiger partial charge in [0, 0.05) is 26.7 Å². The second kappa shape index (κ2) is 10.3. The van der Waals surface area contributed by atoms with Crippen molar-refractivity contribution in [3.8, 4) is 5.75 Å². The average Bonchev–Trinajstić information content (AvgIpc) is 3.55. The molecule has 1 aliphatic carbocycles. The molecule has 178 valence electrons. The molecule has 1 atom stereocenters. The van der Waals surface area contributed by atoms with Crippen LogP contribution in [0.1, 0.15) is 60.6 Å². The van der Waals surface area contributed by atoms with Crippen LogP contribution in [-0.2, 0) is 14.9 Å². The molecular formula is C24H33N5O4. The average molecular weight is 456 g/mol. The third kappa shape index (κ3) is 4.88. The molecule has 1 saturated carbocycles. The Kier molecular flexibility index (Phi) is 7.27. The number of nitrogens with zero attached hydrogens (tertiary/aromatic N) is 4. The number of piperidine rings is 1. The fraction of sp³-hybridized carbons (Fsp3) is 0.583. The first-order valence-electron chi connectivity index (χ1n) is 11.7. The number of amides is 2. The Bertz CT molecular complexity index is 952. The van der Waals surface area contributed by atoms with E-state index in [1.54, 1.807) is 25.1 Å². The fourth-order valence-electron chi connectivity index (χ4n) is 5.09. The molecule has 2 heterocycles. The molecule has 33 heavy (non-hydrogen) atoms. The van der Waals surface area contributed by atoms with Gasteiger partial charge in [0.15, 0.2) is 5.69 Å². The minimum Gasteiger partial charge on any atom is -0.497 e. The van der Waals surface area contributed by atoms with E-state index >= 15 is 0 Å². The highest BCUT2D eigenvalue weighted by atomic mass is 16.5. The molecule has 4 rings (SSSR count). The van der Waals surface area contributed by atoms with Crippen molar-refractivity contribution in [3.05, 3.63) is 41.7 Å². The molecule has 0 spiro atoms. The molecule has 0 radical (unpaired) electrons. The Labute approximate surface area is 194 Å². The zero-order valence-electron chi connectivity index (χ0n) is 19.5. The van der Waals surface area contributed by atoms with Gasteiger partial charge in [0.05, 0.1) is 31.4 Å². The molecule has 0 bridgehead atoms. The Balaban J connectivity index is 1.47. The maximum atomic E-state index is 13.9. The number of likely N-dealkylation sites (tertiary alicyclic amines) is 1. The Morgan fingerprint density at radius 2 is 1.91 bits per heavy atom. The van der Waals surface area contributed by atoms with Crippen LogP contribution >= 0.6 is 0 Å². The first kappa shape index (κ1) is 23.2. The van der Waals surface area contributed by atoms with Crippen LogP contribution in [0.4, 0.5) is 0 Å². The van der Waals surface area contributed by atoms with Crippen LogP contribution in [-0.4, -0.2) is 72.2 Å².